The number of carbonyl (C=O) groups is 2. The molecule has 0 fully saturated rings. The number of hydrogen-bond acceptors (Lipinski definition) is 3. The standard InChI is InChI=1S/C21H31NO3/c1-3-4-5-6-7-8-9-12-15-22-19-14-11-10-13-18(19)21(25,20(22)24)16-17(2)23/h10-11,13-14,25H,3-9,12,15-16H2,1-2H3. The van der Waals surface area contributed by atoms with Crippen LogP contribution in [0, 0.1) is 0 Å². The van der Waals surface area contributed by atoms with Gasteiger partial charge in [-0.25, -0.2) is 0 Å². The molecular weight excluding hydrogens is 314 g/mol. The number of hydrogen-bond donors (Lipinski definition) is 1. The third-order valence-electron chi connectivity index (χ3n) is 4.98. The van der Waals surface area contributed by atoms with E-state index in [1.807, 2.05) is 12.1 Å². The summed E-state index contributed by atoms with van der Waals surface area (Å²) in [6.07, 6.45) is 9.46. The second kappa shape index (κ2) is 9.14. The molecule has 0 saturated heterocycles. The molecule has 1 aliphatic rings. The topological polar surface area (TPSA) is 57.6 Å². The van der Waals surface area contributed by atoms with Crippen LogP contribution in [-0.2, 0) is 15.2 Å². The fraction of sp³-hybridized carbons (Fsp3) is 0.619. The van der Waals surface area contributed by atoms with Crippen molar-refractivity contribution in [3.63, 3.8) is 0 Å². The van der Waals surface area contributed by atoms with Gasteiger partial charge in [0.15, 0.2) is 5.60 Å². The molecule has 0 aliphatic carbocycles. The van der Waals surface area contributed by atoms with Gasteiger partial charge >= 0.3 is 0 Å². The Morgan fingerprint density at radius 3 is 2.28 bits per heavy atom. The van der Waals surface area contributed by atoms with E-state index >= 15 is 0 Å². The van der Waals surface area contributed by atoms with Crippen molar-refractivity contribution < 1.29 is 14.7 Å². The molecule has 1 amide bonds. The first-order chi connectivity index (χ1) is 12.0. The van der Waals surface area contributed by atoms with Gasteiger partial charge in [0.2, 0.25) is 0 Å². The van der Waals surface area contributed by atoms with Gasteiger partial charge in [-0.05, 0) is 19.4 Å². The van der Waals surface area contributed by atoms with E-state index < -0.39 is 5.60 Å². The summed E-state index contributed by atoms with van der Waals surface area (Å²) >= 11 is 0. The van der Waals surface area contributed by atoms with E-state index in [0.717, 1.165) is 18.5 Å². The Bertz CT molecular complexity index is 599. The van der Waals surface area contributed by atoms with Crippen LogP contribution in [0.1, 0.15) is 77.2 Å². The summed E-state index contributed by atoms with van der Waals surface area (Å²) in [5, 5.41) is 10.9. The number of rotatable bonds is 11. The van der Waals surface area contributed by atoms with Gasteiger partial charge in [0.1, 0.15) is 5.78 Å². The van der Waals surface area contributed by atoms with Gasteiger partial charge < -0.3 is 10.0 Å². The molecule has 1 aliphatic heterocycles. The van der Waals surface area contributed by atoms with Crippen molar-refractivity contribution >= 4 is 17.4 Å². The van der Waals surface area contributed by atoms with Crippen LogP contribution in [-0.4, -0.2) is 23.3 Å². The number of nitrogens with zero attached hydrogens (tertiary/aromatic N) is 1. The number of Topliss-reactive ketones (excluding diaryl/α,β-unsaturated/α-hetero) is 1. The molecule has 0 radical (unpaired) electrons. The number of amides is 1. The number of carbonyl (C=O) groups excluding carboxylic acids is 2. The predicted octanol–water partition coefficient (Wildman–Crippen LogP) is 4.34. The Labute approximate surface area is 151 Å². The summed E-state index contributed by atoms with van der Waals surface area (Å²) < 4.78 is 0. The van der Waals surface area contributed by atoms with Crippen molar-refractivity contribution in [2.45, 2.75) is 77.2 Å². The second-order valence-corrected chi connectivity index (χ2v) is 7.19. The molecule has 0 saturated carbocycles. The monoisotopic (exact) mass is 345 g/mol. The third-order valence-corrected chi connectivity index (χ3v) is 4.98. The van der Waals surface area contributed by atoms with E-state index in [-0.39, 0.29) is 18.1 Å². The highest BCUT2D eigenvalue weighted by Gasteiger charge is 2.49. The maximum atomic E-state index is 12.8. The van der Waals surface area contributed by atoms with Gasteiger partial charge in [0.05, 0.1) is 5.69 Å². The van der Waals surface area contributed by atoms with Crippen LogP contribution < -0.4 is 4.90 Å². The Hall–Kier alpha value is -1.68. The smallest absolute Gasteiger partial charge is 0.264 e. The van der Waals surface area contributed by atoms with E-state index in [2.05, 4.69) is 6.92 Å². The van der Waals surface area contributed by atoms with Crippen LogP contribution in [0.5, 0.6) is 0 Å². The molecule has 0 aromatic heterocycles. The Morgan fingerprint density at radius 1 is 1.04 bits per heavy atom. The highest BCUT2D eigenvalue weighted by atomic mass is 16.3. The van der Waals surface area contributed by atoms with Gasteiger partial charge in [-0.15, -0.1) is 0 Å². The molecule has 25 heavy (non-hydrogen) atoms. The first-order valence-electron chi connectivity index (χ1n) is 9.64. The van der Waals surface area contributed by atoms with Crippen LogP contribution in [0.4, 0.5) is 5.69 Å². The number of unbranched alkanes of at least 4 members (excludes halogenated alkanes) is 7. The lowest BCUT2D eigenvalue weighted by Crippen LogP contribution is -2.41. The summed E-state index contributed by atoms with van der Waals surface area (Å²) in [6.45, 7) is 4.23. The zero-order chi connectivity index (χ0) is 18.3. The fourth-order valence-corrected chi connectivity index (χ4v) is 3.66. The van der Waals surface area contributed by atoms with Crippen molar-refractivity contribution in [3.05, 3.63) is 29.8 Å². The first-order valence-corrected chi connectivity index (χ1v) is 9.64. The number of benzene rings is 1. The van der Waals surface area contributed by atoms with Crippen LogP contribution >= 0.6 is 0 Å². The van der Waals surface area contributed by atoms with Crippen LogP contribution in [0.2, 0.25) is 0 Å². The quantitative estimate of drug-likeness (QED) is 0.607. The number of para-hydroxylation sites is 1. The van der Waals surface area contributed by atoms with E-state index in [1.165, 1.54) is 45.4 Å². The minimum atomic E-state index is -1.69. The molecule has 1 aromatic carbocycles. The number of anilines is 1. The molecule has 4 nitrogen and oxygen atoms in total. The minimum Gasteiger partial charge on any atom is -0.375 e. The molecule has 1 aromatic rings. The van der Waals surface area contributed by atoms with E-state index in [9.17, 15) is 14.7 Å². The van der Waals surface area contributed by atoms with Crippen LogP contribution in [0.3, 0.4) is 0 Å². The summed E-state index contributed by atoms with van der Waals surface area (Å²) in [7, 11) is 0. The summed E-state index contributed by atoms with van der Waals surface area (Å²) in [4.78, 5) is 26.0. The Morgan fingerprint density at radius 2 is 1.64 bits per heavy atom. The van der Waals surface area contributed by atoms with Crippen molar-refractivity contribution in [2.75, 3.05) is 11.4 Å². The average molecular weight is 345 g/mol. The van der Waals surface area contributed by atoms with Gasteiger partial charge in [0, 0.05) is 18.5 Å². The van der Waals surface area contributed by atoms with E-state index in [4.69, 9.17) is 0 Å². The summed E-state index contributed by atoms with van der Waals surface area (Å²) in [5.74, 6) is -0.536. The van der Waals surface area contributed by atoms with Crippen molar-refractivity contribution in [2.24, 2.45) is 0 Å². The van der Waals surface area contributed by atoms with Gasteiger partial charge in [-0.3, -0.25) is 9.59 Å². The number of fused-ring (bicyclic) bond motifs is 1. The molecule has 0 bridgehead atoms. The predicted molar refractivity (Wildman–Crippen MR) is 101 cm³/mol. The Balaban J connectivity index is 1.91. The van der Waals surface area contributed by atoms with Gasteiger partial charge in [-0.1, -0.05) is 70.1 Å². The Kier molecular flexibility index (Phi) is 7.18. The molecule has 0 spiro atoms. The average Bonchev–Trinajstić information content (AvgIpc) is 2.78. The molecular formula is C21H31NO3. The number of ketones is 1. The molecule has 1 heterocycles. The maximum Gasteiger partial charge on any atom is 0.264 e. The van der Waals surface area contributed by atoms with E-state index in [1.54, 1.807) is 17.0 Å². The van der Waals surface area contributed by atoms with Crippen molar-refractivity contribution in [3.8, 4) is 0 Å². The van der Waals surface area contributed by atoms with Crippen molar-refractivity contribution in [1.29, 1.82) is 0 Å². The van der Waals surface area contributed by atoms with Crippen molar-refractivity contribution in [1.82, 2.24) is 0 Å². The number of aliphatic hydroxyl groups is 1. The lowest BCUT2D eigenvalue weighted by Gasteiger charge is -2.22. The summed E-state index contributed by atoms with van der Waals surface area (Å²) in [5.41, 5.74) is -0.378. The molecule has 1 atom stereocenters. The molecule has 138 valence electrons. The molecule has 1 N–H and O–H groups in total. The van der Waals surface area contributed by atoms with Gasteiger partial charge in [-0.2, -0.15) is 0 Å². The summed E-state index contributed by atoms with van der Waals surface area (Å²) in [6, 6.07) is 7.28. The fourth-order valence-electron chi connectivity index (χ4n) is 3.66. The SMILES string of the molecule is CCCCCCCCCCN1C(=O)C(O)(CC(C)=O)c2ccccc21. The van der Waals surface area contributed by atoms with E-state index in [0.29, 0.717) is 12.1 Å². The van der Waals surface area contributed by atoms with Crippen LogP contribution in [0.25, 0.3) is 0 Å². The second-order valence-electron chi connectivity index (χ2n) is 7.19. The maximum absolute atomic E-state index is 12.8. The largest absolute Gasteiger partial charge is 0.375 e. The zero-order valence-electron chi connectivity index (χ0n) is 15.6. The van der Waals surface area contributed by atoms with Crippen LogP contribution in [0.15, 0.2) is 24.3 Å². The third kappa shape index (κ3) is 4.69. The van der Waals surface area contributed by atoms with Gasteiger partial charge in [0.25, 0.3) is 5.91 Å². The lowest BCUT2D eigenvalue weighted by molar-refractivity contribution is -0.141. The highest BCUT2D eigenvalue weighted by molar-refractivity contribution is 6.08. The molecule has 4 heteroatoms. The first kappa shape index (κ1) is 19.6. The molecule has 1 unspecified atom stereocenters. The lowest BCUT2D eigenvalue weighted by atomic mass is 9.90. The minimum absolute atomic E-state index is 0.156. The normalized spacial score (nSPS) is 19.3. The highest BCUT2D eigenvalue weighted by Crippen LogP contribution is 2.42. The zero-order valence-corrected chi connectivity index (χ0v) is 15.6. The molecule has 2 rings (SSSR count).